The Morgan fingerprint density at radius 1 is 0.943 bits per heavy atom. The van der Waals surface area contributed by atoms with E-state index in [4.69, 9.17) is 19.3 Å². The molecule has 0 aliphatic rings. The van der Waals surface area contributed by atoms with Gasteiger partial charge >= 0.3 is 11.9 Å². The van der Waals surface area contributed by atoms with Gasteiger partial charge in [-0.05, 0) is 103 Å². The summed E-state index contributed by atoms with van der Waals surface area (Å²) < 4.78 is 18.6. The number of ether oxygens (including phenoxy) is 3. The van der Waals surface area contributed by atoms with Crippen LogP contribution in [-0.4, -0.2) is 60.3 Å². The number of aliphatic hydroxyl groups is 2. The zero-order chi connectivity index (χ0) is 26.8. The summed E-state index contributed by atoms with van der Waals surface area (Å²) in [6, 6.07) is 0. The lowest BCUT2D eigenvalue weighted by Crippen LogP contribution is -2.33. The summed E-state index contributed by atoms with van der Waals surface area (Å²) in [6.45, 7) is 8.28. The average Bonchev–Trinajstić information content (AvgIpc) is 2.82. The van der Waals surface area contributed by atoms with Crippen LogP contribution in [0.3, 0.4) is 0 Å². The molecule has 0 saturated heterocycles. The van der Waals surface area contributed by atoms with Crippen LogP contribution in [-0.2, 0) is 14.2 Å². The molecule has 7 nitrogen and oxygen atoms in total. The zero-order valence-electron chi connectivity index (χ0n) is 20.5. The van der Waals surface area contributed by atoms with Crippen LogP contribution in [0.4, 0.5) is 0 Å². The molecule has 0 fully saturated rings. The van der Waals surface area contributed by atoms with Crippen molar-refractivity contribution in [2.75, 3.05) is 26.4 Å². The summed E-state index contributed by atoms with van der Waals surface area (Å²) >= 11 is 13.6. The Kier molecular flexibility index (Phi) is 15.1. The summed E-state index contributed by atoms with van der Waals surface area (Å²) in [5.74, 6) is -1.03. The number of halogens is 4. The predicted molar refractivity (Wildman–Crippen MR) is 149 cm³/mol. The number of hydrogen-bond acceptors (Lipinski definition) is 7. The molecule has 0 aliphatic heterocycles. The molecule has 35 heavy (non-hydrogen) atoms. The fourth-order valence-corrected chi connectivity index (χ4v) is 5.68. The van der Waals surface area contributed by atoms with Gasteiger partial charge in [0, 0.05) is 37.5 Å². The van der Waals surface area contributed by atoms with Crippen LogP contribution in [0.1, 0.15) is 80.5 Å². The van der Waals surface area contributed by atoms with Crippen molar-refractivity contribution >= 4 is 75.7 Å². The van der Waals surface area contributed by atoms with Gasteiger partial charge in [0.1, 0.15) is 12.2 Å². The van der Waals surface area contributed by atoms with Crippen molar-refractivity contribution in [2.45, 2.75) is 71.5 Å². The quantitative estimate of drug-likeness (QED) is 0.0879. The van der Waals surface area contributed by atoms with E-state index in [1.54, 1.807) is 0 Å². The second-order valence-corrected chi connectivity index (χ2v) is 11.8. The SMILES string of the molecule is CCC(CCO)CCOCCC(C)(CC)OC(=O)c1c(Br)c(Br)c(Br)c(Br)c1C(=O)OCC(C)O. The van der Waals surface area contributed by atoms with E-state index in [1.807, 2.05) is 13.8 Å². The van der Waals surface area contributed by atoms with Gasteiger partial charge in [0.05, 0.1) is 23.8 Å². The minimum absolute atomic E-state index is 0.0120. The molecule has 1 aromatic rings. The number of carbonyl (C=O) groups excluding carboxylic acids is 2. The average molecular weight is 754 g/mol. The van der Waals surface area contributed by atoms with E-state index in [0.29, 0.717) is 49.9 Å². The van der Waals surface area contributed by atoms with Crippen molar-refractivity contribution in [2.24, 2.45) is 5.92 Å². The van der Waals surface area contributed by atoms with Crippen molar-refractivity contribution in [3.8, 4) is 0 Å². The van der Waals surface area contributed by atoms with Gasteiger partial charge in [-0.2, -0.15) is 0 Å². The number of hydrogen-bond donors (Lipinski definition) is 2. The number of carbonyl (C=O) groups is 2. The highest BCUT2D eigenvalue weighted by Gasteiger charge is 2.34. The maximum Gasteiger partial charge on any atom is 0.340 e. The third kappa shape index (κ3) is 9.98. The standard InChI is InChI=1S/C24H34Br4O7/c1-5-15(7-10-29)8-11-33-12-9-24(4,6-2)35-23(32)17-16(22(31)34-13-14(3)30)18(25)20(27)21(28)19(17)26/h14-15,29-30H,5-13H2,1-4H3. The first-order valence-corrected chi connectivity index (χ1v) is 14.7. The number of benzene rings is 1. The molecule has 1 rings (SSSR count). The van der Waals surface area contributed by atoms with Gasteiger partial charge in [0.25, 0.3) is 0 Å². The number of aliphatic hydroxyl groups excluding tert-OH is 2. The molecular formula is C24H34Br4O7. The molecule has 0 amide bonds. The van der Waals surface area contributed by atoms with Gasteiger partial charge in [-0.1, -0.05) is 20.3 Å². The fraction of sp³-hybridized carbons (Fsp3) is 0.667. The Morgan fingerprint density at radius 2 is 1.51 bits per heavy atom. The summed E-state index contributed by atoms with van der Waals surface area (Å²) in [4.78, 5) is 26.2. The second kappa shape index (κ2) is 16.0. The lowest BCUT2D eigenvalue weighted by molar-refractivity contribution is -0.0298. The second-order valence-electron chi connectivity index (χ2n) is 8.58. The van der Waals surface area contributed by atoms with E-state index in [-0.39, 0.29) is 24.3 Å². The van der Waals surface area contributed by atoms with Crippen LogP contribution in [0.5, 0.6) is 0 Å². The third-order valence-electron chi connectivity index (χ3n) is 5.78. The minimum atomic E-state index is -0.852. The van der Waals surface area contributed by atoms with Crippen molar-refractivity contribution < 1.29 is 34.0 Å². The van der Waals surface area contributed by atoms with E-state index in [0.717, 1.165) is 19.3 Å². The van der Waals surface area contributed by atoms with Crippen LogP contribution in [0.25, 0.3) is 0 Å². The molecule has 1 aromatic carbocycles. The highest BCUT2D eigenvalue weighted by atomic mass is 79.9. The molecule has 200 valence electrons. The molecular weight excluding hydrogens is 720 g/mol. The highest BCUT2D eigenvalue weighted by molar-refractivity contribution is 9.15. The molecule has 0 radical (unpaired) electrons. The number of rotatable bonds is 15. The Balaban J connectivity index is 3.04. The topological polar surface area (TPSA) is 102 Å². The summed E-state index contributed by atoms with van der Waals surface area (Å²) in [7, 11) is 0. The van der Waals surface area contributed by atoms with Crippen LogP contribution in [0, 0.1) is 5.92 Å². The molecule has 0 spiro atoms. The van der Waals surface area contributed by atoms with E-state index in [9.17, 15) is 14.7 Å². The Bertz CT molecular complexity index is 863. The van der Waals surface area contributed by atoms with E-state index in [1.165, 1.54) is 6.92 Å². The zero-order valence-corrected chi connectivity index (χ0v) is 26.8. The lowest BCUT2D eigenvalue weighted by Gasteiger charge is -2.29. The highest BCUT2D eigenvalue weighted by Crippen LogP contribution is 2.43. The van der Waals surface area contributed by atoms with Gasteiger partial charge in [-0.3, -0.25) is 0 Å². The monoisotopic (exact) mass is 750 g/mol. The molecule has 0 aromatic heterocycles. The van der Waals surface area contributed by atoms with E-state index in [2.05, 4.69) is 70.6 Å². The first-order chi connectivity index (χ1) is 16.4. The summed E-state index contributed by atoms with van der Waals surface area (Å²) in [5.41, 5.74) is -0.821. The van der Waals surface area contributed by atoms with E-state index < -0.39 is 23.6 Å². The molecule has 3 atom stereocenters. The Morgan fingerprint density at radius 3 is 2.00 bits per heavy atom. The Labute approximate surface area is 241 Å². The van der Waals surface area contributed by atoms with Crippen LogP contribution >= 0.6 is 63.7 Å². The molecule has 0 saturated carbocycles. The smallest absolute Gasteiger partial charge is 0.340 e. The normalized spacial score (nSPS) is 14.8. The fourth-order valence-electron chi connectivity index (χ4n) is 3.23. The molecule has 0 heterocycles. The van der Waals surface area contributed by atoms with Crippen molar-refractivity contribution in [3.05, 3.63) is 29.0 Å². The third-order valence-corrected chi connectivity index (χ3v) is 10.5. The van der Waals surface area contributed by atoms with Gasteiger partial charge in [0.2, 0.25) is 0 Å². The van der Waals surface area contributed by atoms with Crippen molar-refractivity contribution in [1.29, 1.82) is 0 Å². The van der Waals surface area contributed by atoms with Crippen molar-refractivity contribution in [1.82, 2.24) is 0 Å². The molecule has 3 unspecified atom stereocenters. The van der Waals surface area contributed by atoms with Gasteiger partial charge in [0.15, 0.2) is 0 Å². The summed E-state index contributed by atoms with van der Waals surface area (Å²) in [5, 5.41) is 18.6. The molecule has 0 bridgehead atoms. The maximum atomic E-state index is 13.4. The lowest BCUT2D eigenvalue weighted by atomic mass is 9.98. The first-order valence-electron chi connectivity index (χ1n) is 11.5. The largest absolute Gasteiger partial charge is 0.459 e. The van der Waals surface area contributed by atoms with Gasteiger partial charge in [-0.15, -0.1) is 0 Å². The number of esters is 2. The molecule has 2 N–H and O–H groups in total. The predicted octanol–water partition coefficient (Wildman–Crippen LogP) is 6.81. The van der Waals surface area contributed by atoms with Gasteiger partial charge < -0.3 is 24.4 Å². The maximum absolute atomic E-state index is 13.4. The minimum Gasteiger partial charge on any atom is -0.459 e. The first kappa shape index (κ1) is 33.0. The van der Waals surface area contributed by atoms with Gasteiger partial charge in [-0.25, -0.2) is 9.59 Å². The molecule has 11 heteroatoms. The van der Waals surface area contributed by atoms with Crippen LogP contribution < -0.4 is 0 Å². The van der Waals surface area contributed by atoms with Crippen LogP contribution in [0.15, 0.2) is 17.9 Å². The summed E-state index contributed by atoms with van der Waals surface area (Å²) in [6.07, 6.45) is 2.79. The van der Waals surface area contributed by atoms with Crippen molar-refractivity contribution in [3.63, 3.8) is 0 Å². The van der Waals surface area contributed by atoms with E-state index >= 15 is 0 Å². The molecule has 0 aliphatic carbocycles. The van der Waals surface area contributed by atoms with Crippen LogP contribution in [0.2, 0.25) is 0 Å². The Hall–Kier alpha value is -0.0400.